The lowest BCUT2D eigenvalue weighted by atomic mass is 9.96. The number of halogens is 4. The molecule has 2 saturated heterocycles. The maximum absolute atomic E-state index is 15.1. The number of nitrogens with zero attached hydrogens (tertiary/aromatic N) is 3. The van der Waals surface area contributed by atoms with Crippen LogP contribution in [0.1, 0.15) is 60.5 Å². The molecule has 40 heavy (non-hydrogen) atoms. The normalized spacial score (nSPS) is 18.4. The van der Waals surface area contributed by atoms with Crippen molar-refractivity contribution in [2.45, 2.75) is 50.7 Å². The number of piperidine rings is 2. The predicted octanol–water partition coefficient (Wildman–Crippen LogP) is 6.57. The molecule has 6 nitrogen and oxygen atoms in total. The van der Waals surface area contributed by atoms with Crippen LogP contribution in [0.2, 0.25) is 0 Å². The molecule has 0 saturated carbocycles. The van der Waals surface area contributed by atoms with Gasteiger partial charge in [-0.3, -0.25) is 9.20 Å². The molecule has 0 bridgehead atoms. The van der Waals surface area contributed by atoms with E-state index in [1.165, 1.54) is 17.8 Å². The first-order chi connectivity index (χ1) is 18.5. The van der Waals surface area contributed by atoms with Crippen LogP contribution in [0.5, 0.6) is 0 Å². The van der Waals surface area contributed by atoms with E-state index in [0.29, 0.717) is 36.2 Å². The van der Waals surface area contributed by atoms with Crippen LogP contribution in [-0.4, -0.2) is 59.1 Å². The molecule has 1 unspecified atom stereocenters. The Kier molecular flexibility index (Phi) is 10.4. The summed E-state index contributed by atoms with van der Waals surface area (Å²) in [5, 5.41) is 6.48. The zero-order valence-electron chi connectivity index (χ0n) is 22.2. The summed E-state index contributed by atoms with van der Waals surface area (Å²) in [7, 11) is 0. The number of thiazole rings is 1. The van der Waals surface area contributed by atoms with Crippen LogP contribution in [0.15, 0.2) is 42.6 Å². The van der Waals surface area contributed by atoms with Crippen LogP contribution in [-0.2, 0) is 0 Å². The van der Waals surface area contributed by atoms with Gasteiger partial charge in [0.25, 0.3) is 5.91 Å². The van der Waals surface area contributed by atoms with Crippen molar-refractivity contribution in [3.8, 4) is 11.3 Å². The lowest BCUT2D eigenvalue weighted by molar-refractivity contribution is 0.0950. The molecule has 2 N–H and O–H groups in total. The molecule has 2 aliphatic heterocycles. The Labute approximate surface area is 249 Å². The van der Waals surface area contributed by atoms with E-state index in [2.05, 4.69) is 15.5 Å². The minimum atomic E-state index is -0.663. The average molecular weight is 611 g/mol. The van der Waals surface area contributed by atoms with Crippen LogP contribution in [0.3, 0.4) is 0 Å². The molecule has 1 atom stereocenters. The quantitative estimate of drug-likeness (QED) is 0.233. The minimum Gasteiger partial charge on any atom is -0.352 e. The molecule has 2 fully saturated rings. The van der Waals surface area contributed by atoms with Crippen molar-refractivity contribution < 1.29 is 13.6 Å². The summed E-state index contributed by atoms with van der Waals surface area (Å²) >= 11 is 1.49. The average Bonchev–Trinajstić information content (AvgIpc) is 3.50. The minimum absolute atomic E-state index is 0. The molecule has 6 rings (SSSR count). The predicted molar refractivity (Wildman–Crippen MR) is 163 cm³/mol. The number of hydrogen-bond acceptors (Lipinski definition) is 5. The number of fused-ring (bicyclic) bond motifs is 3. The third kappa shape index (κ3) is 6.60. The second kappa shape index (κ2) is 13.6. The van der Waals surface area contributed by atoms with Gasteiger partial charge in [-0.25, -0.2) is 13.8 Å². The van der Waals surface area contributed by atoms with Crippen molar-refractivity contribution in [2.75, 3.05) is 32.7 Å². The monoisotopic (exact) mass is 609 g/mol. The highest BCUT2D eigenvalue weighted by Crippen LogP contribution is 2.32. The molecule has 0 radical (unpaired) electrons. The maximum atomic E-state index is 15.1. The molecule has 0 spiro atoms. The highest BCUT2D eigenvalue weighted by Gasteiger charge is 2.20. The number of hydrogen-bond donors (Lipinski definition) is 2. The lowest BCUT2D eigenvalue weighted by Crippen LogP contribution is -2.36. The lowest BCUT2D eigenvalue weighted by Gasteiger charge is -2.28. The third-order valence-corrected chi connectivity index (χ3v) is 8.81. The Morgan fingerprint density at radius 1 is 1.10 bits per heavy atom. The smallest absolute Gasteiger partial charge is 0.251 e. The molecule has 4 heterocycles. The van der Waals surface area contributed by atoms with Crippen LogP contribution in [0.4, 0.5) is 8.78 Å². The first kappa shape index (κ1) is 30.7. The second-order valence-electron chi connectivity index (χ2n) is 10.4. The molecule has 2 aromatic heterocycles. The van der Waals surface area contributed by atoms with Crippen LogP contribution < -0.4 is 10.6 Å². The number of carbonyl (C=O) groups excluding carboxylic acids is 1. The Morgan fingerprint density at radius 2 is 1.93 bits per heavy atom. The van der Waals surface area contributed by atoms with Gasteiger partial charge in [-0.1, -0.05) is 23.8 Å². The summed E-state index contributed by atoms with van der Waals surface area (Å²) in [5.41, 5.74) is 3.65. The van der Waals surface area contributed by atoms with Gasteiger partial charge < -0.3 is 15.5 Å². The van der Waals surface area contributed by atoms with Crippen molar-refractivity contribution in [2.24, 2.45) is 0 Å². The van der Waals surface area contributed by atoms with E-state index >= 15 is 4.39 Å². The highest BCUT2D eigenvalue weighted by atomic mass is 35.5. The number of imidazole rings is 1. The van der Waals surface area contributed by atoms with Crippen molar-refractivity contribution in [3.05, 3.63) is 59.5 Å². The zero-order valence-corrected chi connectivity index (χ0v) is 24.7. The Hall–Kier alpha value is -2.30. The number of amides is 1. The molecule has 0 aliphatic carbocycles. The van der Waals surface area contributed by atoms with Gasteiger partial charge in [-0.15, -0.1) is 24.8 Å². The Balaban J connectivity index is 0.00000185. The van der Waals surface area contributed by atoms with Crippen LogP contribution in [0, 0.1) is 5.82 Å². The van der Waals surface area contributed by atoms with E-state index < -0.39 is 6.17 Å². The number of aromatic nitrogens is 2. The van der Waals surface area contributed by atoms with Gasteiger partial charge in [0.1, 0.15) is 12.0 Å². The van der Waals surface area contributed by atoms with E-state index in [-0.39, 0.29) is 42.6 Å². The van der Waals surface area contributed by atoms with Crippen LogP contribution >= 0.6 is 36.2 Å². The first-order valence-corrected chi connectivity index (χ1v) is 14.5. The van der Waals surface area contributed by atoms with Gasteiger partial charge in [-0.2, -0.15) is 0 Å². The SMILES string of the molecule is Cl.Cl.O=C(NCCCN1CCC(F)CC1)c1ccc2c(c1)sc1nc(-c3ccc(C4CCCCN4)cc3F)cn12. The van der Waals surface area contributed by atoms with Crippen molar-refractivity contribution in [1.29, 1.82) is 0 Å². The molecular weight excluding hydrogens is 575 g/mol. The molecule has 1 amide bonds. The third-order valence-electron chi connectivity index (χ3n) is 7.79. The van der Waals surface area contributed by atoms with Crippen molar-refractivity contribution in [1.82, 2.24) is 24.9 Å². The van der Waals surface area contributed by atoms with Gasteiger partial charge in [-0.05, 0) is 81.1 Å². The van der Waals surface area contributed by atoms with Crippen LogP contribution in [0.25, 0.3) is 26.4 Å². The zero-order chi connectivity index (χ0) is 26.1. The summed E-state index contributed by atoms with van der Waals surface area (Å²) in [5.74, 6) is -0.355. The van der Waals surface area contributed by atoms with Gasteiger partial charge in [0.05, 0.1) is 15.9 Å². The van der Waals surface area contributed by atoms with Crippen molar-refractivity contribution >= 4 is 57.2 Å². The van der Waals surface area contributed by atoms with Gasteiger partial charge in [0.15, 0.2) is 4.96 Å². The molecule has 11 heteroatoms. The van der Waals surface area contributed by atoms with E-state index in [9.17, 15) is 9.18 Å². The summed E-state index contributed by atoms with van der Waals surface area (Å²) in [4.78, 5) is 20.4. The fraction of sp³-hybridized carbons (Fsp3) is 0.448. The van der Waals surface area contributed by atoms with E-state index in [1.807, 2.05) is 40.9 Å². The van der Waals surface area contributed by atoms with E-state index in [0.717, 1.165) is 66.2 Å². The number of benzene rings is 2. The second-order valence-corrected chi connectivity index (χ2v) is 11.4. The first-order valence-electron chi connectivity index (χ1n) is 13.6. The highest BCUT2D eigenvalue weighted by molar-refractivity contribution is 7.23. The number of carbonyl (C=O) groups is 1. The number of nitrogens with one attached hydrogen (secondary N) is 2. The summed E-state index contributed by atoms with van der Waals surface area (Å²) in [6, 6.07) is 11.3. The topological polar surface area (TPSA) is 61.7 Å². The maximum Gasteiger partial charge on any atom is 0.251 e. The fourth-order valence-electron chi connectivity index (χ4n) is 5.60. The van der Waals surface area contributed by atoms with E-state index in [1.54, 1.807) is 6.07 Å². The summed E-state index contributed by atoms with van der Waals surface area (Å²) in [6.45, 7) is 4.03. The number of rotatable bonds is 7. The van der Waals surface area contributed by atoms with Gasteiger partial charge in [0, 0.05) is 43.0 Å². The molecule has 4 aromatic rings. The molecule has 2 aromatic carbocycles. The number of likely N-dealkylation sites (tertiary alicyclic amines) is 1. The Bertz CT molecular complexity index is 1450. The van der Waals surface area contributed by atoms with Gasteiger partial charge in [0.2, 0.25) is 0 Å². The fourth-order valence-corrected chi connectivity index (χ4v) is 6.64. The summed E-state index contributed by atoms with van der Waals surface area (Å²) < 4.78 is 31.3. The van der Waals surface area contributed by atoms with Crippen molar-refractivity contribution in [3.63, 3.8) is 0 Å². The molecule has 216 valence electrons. The summed E-state index contributed by atoms with van der Waals surface area (Å²) in [6.07, 6.45) is 6.64. The molecule has 2 aliphatic rings. The van der Waals surface area contributed by atoms with Gasteiger partial charge >= 0.3 is 0 Å². The Morgan fingerprint density at radius 3 is 2.67 bits per heavy atom. The standard InChI is InChI=1S/C29H33F2N5OS.2ClH/c30-21-9-14-35(15-10-21)13-3-12-33-28(37)20-6-8-26-27(17-20)38-29-34-25(18-36(26)29)22-7-5-19(16-23(22)31)24-4-1-2-11-32-24;;/h5-8,16-18,21,24,32H,1-4,9-15H2,(H,33,37);2*1H. The van der Waals surface area contributed by atoms with E-state index in [4.69, 9.17) is 4.98 Å². The molecular formula is C29H35Cl2F2N5OS. The number of alkyl halides is 1. The largest absolute Gasteiger partial charge is 0.352 e.